The fourth-order valence-electron chi connectivity index (χ4n) is 2.37. The normalized spacial score (nSPS) is 18.4. The van der Waals surface area contributed by atoms with Crippen molar-refractivity contribution >= 4 is 22.6 Å². The summed E-state index contributed by atoms with van der Waals surface area (Å²) in [6.07, 6.45) is -0.358. The number of aromatic nitrogens is 1. The van der Waals surface area contributed by atoms with Crippen LogP contribution < -0.4 is 4.90 Å². The first kappa shape index (κ1) is 12.8. The summed E-state index contributed by atoms with van der Waals surface area (Å²) in [4.78, 5) is 12.8. The molecular weight excluding hydrogens is 270 g/mol. The lowest BCUT2D eigenvalue weighted by Gasteiger charge is -2.33. The highest BCUT2D eigenvalue weighted by atomic mass is 19.3. The van der Waals surface area contributed by atoms with Gasteiger partial charge in [0.25, 0.3) is 5.92 Å². The molecule has 0 bridgehead atoms. The average Bonchev–Trinajstić information content (AvgIpc) is 2.81. The number of anilines is 1. The predicted molar refractivity (Wildman–Crippen MR) is 67.4 cm³/mol. The van der Waals surface area contributed by atoms with Gasteiger partial charge in [0.15, 0.2) is 11.3 Å². The van der Waals surface area contributed by atoms with E-state index in [0.717, 1.165) is 5.69 Å². The van der Waals surface area contributed by atoms with Crippen LogP contribution in [0.2, 0.25) is 0 Å². The number of hydrogen-bond donors (Lipinski definition) is 1. The zero-order valence-corrected chi connectivity index (χ0v) is 10.5. The van der Waals surface area contributed by atoms with E-state index in [1.807, 2.05) is 4.90 Å². The number of benzene rings is 1. The highest BCUT2D eigenvalue weighted by Gasteiger charge is 2.34. The monoisotopic (exact) mass is 282 g/mol. The van der Waals surface area contributed by atoms with Gasteiger partial charge in [0.2, 0.25) is 0 Å². The number of hydrogen-bond acceptors (Lipinski definition) is 4. The van der Waals surface area contributed by atoms with Gasteiger partial charge in [0.05, 0.1) is 5.39 Å². The summed E-state index contributed by atoms with van der Waals surface area (Å²) in [6.45, 7) is 0.525. The van der Waals surface area contributed by atoms with Crippen LogP contribution in [0.25, 0.3) is 11.0 Å². The number of carboxylic acid groups (broad SMARTS) is 1. The second kappa shape index (κ2) is 4.43. The molecule has 7 heteroatoms. The zero-order chi connectivity index (χ0) is 14.3. The molecule has 1 aromatic carbocycles. The van der Waals surface area contributed by atoms with Crippen LogP contribution in [0.1, 0.15) is 23.3 Å². The van der Waals surface area contributed by atoms with Gasteiger partial charge in [-0.25, -0.2) is 13.6 Å². The van der Waals surface area contributed by atoms with Crippen LogP contribution >= 0.6 is 0 Å². The fourth-order valence-corrected chi connectivity index (χ4v) is 2.37. The van der Waals surface area contributed by atoms with Gasteiger partial charge in [-0.2, -0.15) is 0 Å². The van der Waals surface area contributed by atoms with E-state index in [4.69, 9.17) is 9.63 Å². The van der Waals surface area contributed by atoms with Crippen molar-refractivity contribution in [3.8, 4) is 0 Å². The van der Waals surface area contributed by atoms with Crippen LogP contribution in [-0.4, -0.2) is 35.2 Å². The van der Waals surface area contributed by atoms with Crippen LogP contribution in [0.3, 0.4) is 0 Å². The molecule has 1 aromatic heterocycles. The van der Waals surface area contributed by atoms with Crippen molar-refractivity contribution in [2.24, 2.45) is 0 Å². The molecule has 106 valence electrons. The van der Waals surface area contributed by atoms with Crippen molar-refractivity contribution in [1.29, 1.82) is 0 Å². The largest absolute Gasteiger partial charge is 0.476 e. The Morgan fingerprint density at radius 1 is 1.35 bits per heavy atom. The second-order valence-corrected chi connectivity index (χ2v) is 4.86. The molecule has 1 fully saturated rings. The molecule has 1 saturated heterocycles. The van der Waals surface area contributed by atoms with Crippen molar-refractivity contribution in [1.82, 2.24) is 5.16 Å². The first-order valence-electron chi connectivity index (χ1n) is 6.22. The summed E-state index contributed by atoms with van der Waals surface area (Å²) in [6, 6.07) is 4.94. The van der Waals surface area contributed by atoms with Crippen molar-refractivity contribution in [2.45, 2.75) is 18.8 Å². The van der Waals surface area contributed by atoms with E-state index in [2.05, 4.69) is 5.16 Å². The van der Waals surface area contributed by atoms with Crippen LogP contribution in [0.4, 0.5) is 14.5 Å². The maximum atomic E-state index is 13.1. The van der Waals surface area contributed by atoms with E-state index in [9.17, 15) is 13.6 Å². The minimum absolute atomic E-state index is 0.142. The van der Waals surface area contributed by atoms with E-state index >= 15 is 0 Å². The summed E-state index contributed by atoms with van der Waals surface area (Å²) in [5.74, 6) is -3.75. The van der Waals surface area contributed by atoms with E-state index in [0.29, 0.717) is 11.0 Å². The lowest BCUT2D eigenvalue weighted by molar-refractivity contribution is -0.0220. The Labute approximate surface area is 112 Å². The number of piperidine rings is 1. The molecule has 1 aliphatic heterocycles. The summed E-state index contributed by atoms with van der Waals surface area (Å²) in [7, 11) is 0. The molecule has 5 nitrogen and oxygen atoms in total. The van der Waals surface area contributed by atoms with Gasteiger partial charge in [0.1, 0.15) is 0 Å². The molecule has 0 saturated carbocycles. The van der Waals surface area contributed by atoms with Gasteiger partial charge >= 0.3 is 5.97 Å². The number of rotatable bonds is 2. The average molecular weight is 282 g/mol. The summed E-state index contributed by atoms with van der Waals surface area (Å²) in [5, 5.41) is 12.8. The van der Waals surface area contributed by atoms with Gasteiger partial charge in [-0.3, -0.25) is 0 Å². The third-order valence-electron chi connectivity index (χ3n) is 3.52. The van der Waals surface area contributed by atoms with E-state index < -0.39 is 11.9 Å². The Balaban J connectivity index is 1.89. The second-order valence-electron chi connectivity index (χ2n) is 4.86. The van der Waals surface area contributed by atoms with Crippen molar-refractivity contribution in [3.63, 3.8) is 0 Å². The molecule has 0 radical (unpaired) electrons. The van der Waals surface area contributed by atoms with Gasteiger partial charge in [-0.05, 0) is 12.1 Å². The molecule has 0 amide bonds. The number of carboxylic acids is 1. The van der Waals surface area contributed by atoms with Crippen molar-refractivity contribution in [2.75, 3.05) is 18.0 Å². The Morgan fingerprint density at radius 2 is 2.05 bits per heavy atom. The topological polar surface area (TPSA) is 66.6 Å². The van der Waals surface area contributed by atoms with E-state index in [1.54, 1.807) is 18.2 Å². The zero-order valence-electron chi connectivity index (χ0n) is 10.5. The maximum absolute atomic E-state index is 13.1. The highest BCUT2D eigenvalue weighted by Crippen LogP contribution is 2.32. The number of fused-ring (bicyclic) bond motifs is 1. The number of aromatic carboxylic acids is 1. The van der Waals surface area contributed by atoms with E-state index in [1.165, 1.54) is 0 Å². The Morgan fingerprint density at radius 3 is 2.70 bits per heavy atom. The van der Waals surface area contributed by atoms with Gasteiger partial charge < -0.3 is 14.5 Å². The van der Waals surface area contributed by atoms with Gasteiger partial charge in [-0.15, -0.1) is 0 Å². The van der Waals surface area contributed by atoms with Gasteiger partial charge in [-0.1, -0.05) is 5.16 Å². The fraction of sp³-hybridized carbons (Fsp3) is 0.385. The number of halogens is 2. The summed E-state index contributed by atoms with van der Waals surface area (Å²) >= 11 is 0. The van der Waals surface area contributed by atoms with Crippen LogP contribution in [0, 0.1) is 0 Å². The minimum Gasteiger partial charge on any atom is -0.476 e. The third kappa shape index (κ3) is 2.19. The molecular formula is C13H12F2N2O3. The highest BCUT2D eigenvalue weighted by molar-refractivity contribution is 6.00. The van der Waals surface area contributed by atoms with E-state index in [-0.39, 0.29) is 31.6 Å². The predicted octanol–water partition coefficient (Wildman–Crippen LogP) is 2.76. The minimum atomic E-state index is -2.59. The lowest BCUT2D eigenvalue weighted by atomic mass is 10.1. The smallest absolute Gasteiger partial charge is 0.358 e. The summed E-state index contributed by atoms with van der Waals surface area (Å²) < 4.78 is 31.2. The van der Waals surface area contributed by atoms with Gasteiger partial charge in [0, 0.05) is 37.7 Å². The quantitative estimate of drug-likeness (QED) is 0.917. The maximum Gasteiger partial charge on any atom is 0.358 e. The van der Waals surface area contributed by atoms with Crippen molar-refractivity contribution in [3.05, 3.63) is 23.9 Å². The molecule has 0 spiro atoms. The molecule has 0 atom stereocenters. The van der Waals surface area contributed by atoms with Crippen molar-refractivity contribution < 1.29 is 23.2 Å². The first-order valence-corrected chi connectivity index (χ1v) is 6.22. The Kier molecular flexibility index (Phi) is 2.84. The van der Waals surface area contributed by atoms with Crippen LogP contribution in [-0.2, 0) is 0 Å². The molecule has 1 N–H and O–H groups in total. The Hall–Kier alpha value is -2.18. The molecule has 20 heavy (non-hydrogen) atoms. The van der Waals surface area contributed by atoms with Crippen LogP contribution in [0.5, 0.6) is 0 Å². The third-order valence-corrected chi connectivity index (χ3v) is 3.52. The number of nitrogens with zero attached hydrogens (tertiary/aromatic N) is 2. The molecule has 1 aliphatic rings. The number of alkyl halides is 2. The SMILES string of the molecule is O=C(O)c1noc2cc(N3CCC(F)(F)CC3)ccc12. The van der Waals surface area contributed by atoms with Crippen LogP contribution in [0.15, 0.2) is 22.7 Å². The Bertz CT molecular complexity index is 659. The molecule has 3 rings (SSSR count). The first-order chi connectivity index (χ1) is 9.46. The lowest BCUT2D eigenvalue weighted by Crippen LogP contribution is -2.39. The number of carbonyl (C=O) groups is 1. The molecule has 2 heterocycles. The standard InChI is InChI=1S/C13H12F2N2O3/c14-13(15)3-5-17(6-4-13)8-1-2-9-10(7-8)20-16-11(9)12(18)19/h1-2,7H,3-6H2,(H,18,19). The molecule has 0 aliphatic carbocycles. The summed E-state index contributed by atoms with van der Waals surface area (Å²) in [5.41, 5.74) is 0.940. The molecule has 0 unspecified atom stereocenters. The molecule has 2 aromatic rings.